The first-order valence-corrected chi connectivity index (χ1v) is 4.03. The van der Waals surface area contributed by atoms with Gasteiger partial charge in [-0.2, -0.15) is 0 Å². The lowest BCUT2D eigenvalue weighted by Gasteiger charge is -2.00. The Morgan fingerprint density at radius 1 is 1.00 bits per heavy atom. The summed E-state index contributed by atoms with van der Waals surface area (Å²) in [5, 5.41) is 0. The quantitative estimate of drug-likeness (QED) is 0.646. The van der Waals surface area contributed by atoms with Crippen LogP contribution in [0.3, 0.4) is 0 Å². The number of hydrogen-bond donors (Lipinski definition) is 0. The minimum absolute atomic E-state index is 0.212. The van der Waals surface area contributed by atoms with Crippen LogP contribution >= 0.6 is 0 Å². The molecule has 0 saturated heterocycles. The van der Waals surface area contributed by atoms with E-state index < -0.39 is 0 Å². The highest BCUT2D eigenvalue weighted by molar-refractivity contribution is 5.62. The number of hydrogen-bond acceptors (Lipinski definition) is 1. The summed E-state index contributed by atoms with van der Waals surface area (Å²) in [7, 11) is 0. The lowest BCUT2D eigenvalue weighted by Crippen LogP contribution is -1.83. The van der Waals surface area contributed by atoms with Crippen LogP contribution in [0.4, 0.5) is 4.39 Å². The minimum Gasteiger partial charge on any atom is -0.264 e. The lowest BCUT2D eigenvalue weighted by molar-refractivity contribution is 0.631. The maximum absolute atomic E-state index is 13.2. The summed E-state index contributed by atoms with van der Waals surface area (Å²) < 4.78 is 13.2. The van der Waals surface area contributed by atoms with Gasteiger partial charge in [-0.05, 0) is 12.1 Å². The lowest BCUT2D eigenvalue weighted by atomic mass is 10.1. The zero-order valence-corrected chi connectivity index (χ0v) is 6.94. The van der Waals surface area contributed by atoms with Crippen LogP contribution in [0, 0.1) is 5.82 Å². The van der Waals surface area contributed by atoms with Crippen molar-refractivity contribution in [3.05, 3.63) is 54.6 Å². The molecule has 0 atom stereocenters. The molecule has 2 aromatic rings. The molecule has 0 amide bonds. The Bertz CT molecular complexity index is 398. The molecule has 0 fully saturated rings. The summed E-state index contributed by atoms with van der Waals surface area (Å²) in [5.74, 6) is -0.212. The SMILES string of the molecule is Fc1ccccc1-c1cccnc1. The molecule has 64 valence electrons. The van der Waals surface area contributed by atoms with Crippen molar-refractivity contribution in [1.29, 1.82) is 0 Å². The molecule has 0 aliphatic heterocycles. The Labute approximate surface area is 75.9 Å². The Hall–Kier alpha value is -1.70. The zero-order valence-electron chi connectivity index (χ0n) is 6.94. The summed E-state index contributed by atoms with van der Waals surface area (Å²) in [5.41, 5.74) is 1.40. The number of nitrogens with zero attached hydrogens (tertiary/aromatic N) is 1. The van der Waals surface area contributed by atoms with Crippen LogP contribution in [-0.4, -0.2) is 4.98 Å². The van der Waals surface area contributed by atoms with Crippen LogP contribution in [0.25, 0.3) is 11.1 Å². The molecule has 2 heteroatoms. The van der Waals surface area contributed by atoms with Gasteiger partial charge in [-0.15, -0.1) is 0 Å². The van der Waals surface area contributed by atoms with Gasteiger partial charge in [0, 0.05) is 23.5 Å². The molecule has 13 heavy (non-hydrogen) atoms. The van der Waals surface area contributed by atoms with Crippen LogP contribution in [-0.2, 0) is 0 Å². The molecule has 0 radical (unpaired) electrons. The summed E-state index contributed by atoms with van der Waals surface area (Å²) in [6, 6.07) is 10.3. The molecular formula is C11H8FN. The van der Waals surface area contributed by atoms with Crippen LogP contribution in [0.2, 0.25) is 0 Å². The number of aromatic nitrogens is 1. The molecule has 0 spiro atoms. The fourth-order valence-corrected chi connectivity index (χ4v) is 1.22. The van der Waals surface area contributed by atoms with E-state index >= 15 is 0 Å². The molecular weight excluding hydrogens is 165 g/mol. The van der Waals surface area contributed by atoms with Gasteiger partial charge in [-0.1, -0.05) is 24.3 Å². The Morgan fingerprint density at radius 3 is 2.54 bits per heavy atom. The van der Waals surface area contributed by atoms with Crippen molar-refractivity contribution >= 4 is 0 Å². The largest absolute Gasteiger partial charge is 0.264 e. The molecule has 1 aromatic heterocycles. The normalized spacial score (nSPS) is 9.92. The van der Waals surface area contributed by atoms with Gasteiger partial charge in [-0.3, -0.25) is 4.98 Å². The number of halogens is 1. The standard InChI is InChI=1S/C11H8FN/c12-11-6-2-1-5-10(11)9-4-3-7-13-8-9/h1-8H. The Balaban J connectivity index is 2.54. The first kappa shape index (κ1) is 7.92. The van der Waals surface area contributed by atoms with Crippen molar-refractivity contribution in [3.8, 4) is 11.1 Å². The van der Waals surface area contributed by atoms with Crippen molar-refractivity contribution in [3.63, 3.8) is 0 Å². The van der Waals surface area contributed by atoms with Crippen LogP contribution < -0.4 is 0 Å². The average molecular weight is 173 g/mol. The number of rotatable bonds is 1. The fraction of sp³-hybridized carbons (Fsp3) is 0. The maximum atomic E-state index is 13.2. The van der Waals surface area contributed by atoms with E-state index in [0.29, 0.717) is 5.56 Å². The van der Waals surface area contributed by atoms with Gasteiger partial charge < -0.3 is 0 Å². The third kappa shape index (κ3) is 1.56. The predicted octanol–water partition coefficient (Wildman–Crippen LogP) is 2.89. The van der Waals surface area contributed by atoms with Crippen molar-refractivity contribution in [1.82, 2.24) is 4.98 Å². The van der Waals surface area contributed by atoms with E-state index in [1.54, 1.807) is 30.6 Å². The Morgan fingerprint density at radius 2 is 1.85 bits per heavy atom. The van der Waals surface area contributed by atoms with E-state index in [-0.39, 0.29) is 5.82 Å². The van der Waals surface area contributed by atoms with Gasteiger partial charge >= 0.3 is 0 Å². The molecule has 1 aromatic carbocycles. The second-order valence-electron chi connectivity index (χ2n) is 2.72. The molecule has 0 saturated carbocycles. The van der Waals surface area contributed by atoms with Crippen molar-refractivity contribution in [2.75, 3.05) is 0 Å². The molecule has 1 nitrogen and oxygen atoms in total. The van der Waals surface area contributed by atoms with E-state index in [1.165, 1.54) is 6.07 Å². The second kappa shape index (κ2) is 3.35. The van der Waals surface area contributed by atoms with Crippen molar-refractivity contribution < 1.29 is 4.39 Å². The van der Waals surface area contributed by atoms with Gasteiger partial charge in [0.2, 0.25) is 0 Å². The van der Waals surface area contributed by atoms with Gasteiger partial charge in [-0.25, -0.2) is 4.39 Å². The summed E-state index contributed by atoms with van der Waals surface area (Å²) in [4.78, 5) is 3.94. The van der Waals surface area contributed by atoms with Crippen molar-refractivity contribution in [2.24, 2.45) is 0 Å². The highest BCUT2D eigenvalue weighted by atomic mass is 19.1. The number of benzene rings is 1. The van der Waals surface area contributed by atoms with Gasteiger partial charge in [0.1, 0.15) is 5.82 Å². The van der Waals surface area contributed by atoms with Crippen LogP contribution in [0.1, 0.15) is 0 Å². The number of pyridine rings is 1. The first-order chi connectivity index (χ1) is 6.38. The van der Waals surface area contributed by atoms with E-state index in [9.17, 15) is 4.39 Å². The fourth-order valence-electron chi connectivity index (χ4n) is 1.22. The summed E-state index contributed by atoms with van der Waals surface area (Å²) >= 11 is 0. The third-order valence-electron chi connectivity index (χ3n) is 1.85. The van der Waals surface area contributed by atoms with E-state index in [0.717, 1.165) is 5.56 Å². The van der Waals surface area contributed by atoms with E-state index in [4.69, 9.17) is 0 Å². The molecule has 0 aliphatic carbocycles. The molecule has 0 N–H and O–H groups in total. The molecule has 0 unspecified atom stereocenters. The predicted molar refractivity (Wildman–Crippen MR) is 49.6 cm³/mol. The maximum Gasteiger partial charge on any atom is 0.131 e. The highest BCUT2D eigenvalue weighted by Gasteiger charge is 2.01. The average Bonchev–Trinajstić information content (AvgIpc) is 2.20. The summed E-state index contributed by atoms with van der Waals surface area (Å²) in [6.45, 7) is 0. The first-order valence-electron chi connectivity index (χ1n) is 4.03. The Kier molecular flexibility index (Phi) is 2.04. The van der Waals surface area contributed by atoms with E-state index in [1.807, 2.05) is 12.1 Å². The molecule has 2 rings (SSSR count). The van der Waals surface area contributed by atoms with E-state index in [2.05, 4.69) is 4.98 Å². The molecule has 1 heterocycles. The summed E-state index contributed by atoms with van der Waals surface area (Å²) in [6.07, 6.45) is 3.32. The van der Waals surface area contributed by atoms with Gasteiger partial charge in [0.25, 0.3) is 0 Å². The topological polar surface area (TPSA) is 12.9 Å². The molecule has 0 aliphatic rings. The van der Waals surface area contributed by atoms with Crippen molar-refractivity contribution in [2.45, 2.75) is 0 Å². The van der Waals surface area contributed by atoms with Crippen LogP contribution in [0.15, 0.2) is 48.8 Å². The highest BCUT2D eigenvalue weighted by Crippen LogP contribution is 2.20. The molecule has 0 bridgehead atoms. The monoisotopic (exact) mass is 173 g/mol. The zero-order chi connectivity index (χ0) is 9.10. The van der Waals surface area contributed by atoms with Crippen LogP contribution in [0.5, 0.6) is 0 Å². The second-order valence-corrected chi connectivity index (χ2v) is 2.72. The van der Waals surface area contributed by atoms with Gasteiger partial charge in [0.15, 0.2) is 0 Å². The smallest absolute Gasteiger partial charge is 0.131 e. The van der Waals surface area contributed by atoms with Gasteiger partial charge in [0.05, 0.1) is 0 Å². The third-order valence-corrected chi connectivity index (χ3v) is 1.85. The minimum atomic E-state index is -0.212.